The number of hydrogen-bond acceptors (Lipinski definition) is 5. The second kappa shape index (κ2) is 6.47. The van der Waals surface area contributed by atoms with Gasteiger partial charge in [0.1, 0.15) is 5.82 Å². The van der Waals surface area contributed by atoms with Crippen molar-refractivity contribution in [1.82, 2.24) is 15.1 Å². The average molecular weight is 290 g/mol. The lowest BCUT2D eigenvalue weighted by Gasteiger charge is -2.09. The normalized spacial score (nSPS) is 10.3. The van der Waals surface area contributed by atoms with E-state index in [1.165, 1.54) is 14.7 Å². The van der Waals surface area contributed by atoms with E-state index in [1.807, 2.05) is 0 Å². The van der Waals surface area contributed by atoms with Gasteiger partial charge in [0.25, 0.3) is 5.91 Å². The van der Waals surface area contributed by atoms with E-state index < -0.39 is 0 Å². The lowest BCUT2D eigenvalue weighted by molar-refractivity contribution is 0.0821. The summed E-state index contributed by atoms with van der Waals surface area (Å²) in [4.78, 5) is 15.8. The highest BCUT2D eigenvalue weighted by Crippen LogP contribution is 2.17. The summed E-state index contributed by atoms with van der Waals surface area (Å²) in [5.41, 5.74) is 0.352. The molecule has 0 fully saturated rings. The number of thiophene rings is 1. The van der Waals surface area contributed by atoms with E-state index in [0.717, 1.165) is 13.0 Å². The molecule has 0 saturated heterocycles. The second-order valence-corrected chi connectivity index (χ2v) is 5.83. The molecule has 2 aromatic heterocycles. The predicted octanol–water partition coefficient (Wildman–Crippen LogP) is 2.41. The van der Waals surface area contributed by atoms with E-state index in [1.54, 1.807) is 37.6 Å². The number of aromatic nitrogens is 2. The van der Waals surface area contributed by atoms with Crippen LogP contribution in [0, 0.1) is 0 Å². The molecule has 20 heavy (non-hydrogen) atoms. The monoisotopic (exact) mass is 290 g/mol. The van der Waals surface area contributed by atoms with Gasteiger partial charge in [-0.15, -0.1) is 21.5 Å². The first-order valence-electron chi connectivity index (χ1n) is 6.47. The van der Waals surface area contributed by atoms with Crippen molar-refractivity contribution in [2.24, 2.45) is 0 Å². The van der Waals surface area contributed by atoms with Crippen molar-refractivity contribution in [3.63, 3.8) is 0 Å². The van der Waals surface area contributed by atoms with Gasteiger partial charge in [0, 0.05) is 23.8 Å². The van der Waals surface area contributed by atoms with Crippen LogP contribution in [0.25, 0.3) is 0 Å². The van der Waals surface area contributed by atoms with Crippen molar-refractivity contribution in [1.29, 1.82) is 0 Å². The Kier molecular flexibility index (Phi) is 4.68. The number of aryl methyl sites for hydroxylation is 1. The Balaban J connectivity index is 1.95. The third kappa shape index (κ3) is 3.54. The number of carbonyl (C=O) groups excluding carboxylic acids is 1. The first-order valence-corrected chi connectivity index (χ1v) is 7.28. The minimum absolute atomic E-state index is 0.144. The SMILES string of the molecule is CCc1ccc(CNc2ccc(C(=O)N(C)C)nn2)s1. The zero-order chi connectivity index (χ0) is 14.5. The standard InChI is InChI=1S/C14H18N4OS/c1-4-10-5-6-11(20-10)9-15-13-8-7-12(16-17-13)14(19)18(2)3/h5-8H,4,9H2,1-3H3,(H,15,17). The Bertz CT molecular complexity index is 577. The maximum absolute atomic E-state index is 11.7. The van der Waals surface area contributed by atoms with Crippen LogP contribution in [0.4, 0.5) is 5.82 Å². The van der Waals surface area contributed by atoms with Crippen LogP contribution in [0.1, 0.15) is 27.2 Å². The maximum atomic E-state index is 11.7. The van der Waals surface area contributed by atoms with Gasteiger partial charge < -0.3 is 10.2 Å². The van der Waals surface area contributed by atoms with Crippen LogP contribution in [0.5, 0.6) is 0 Å². The number of anilines is 1. The molecule has 0 aliphatic carbocycles. The molecule has 0 spiro atoms. The molecule has 1 N–H and O–H groups in total. The van der Waals surface area contributed by atoms with Gasteiger partial charge in [-0.3, -0.25) is 4.79 Å². The molecular weight excluding hydrogens is 272 g/mol. The fourth-order valence-corrected chi connectivity index (χ4v) is 2.55. The van der Waals surface area contributed by atoms with E-state index >= 15 is 0 Å². The molecule has 0 bridgehead atoms. The summed E-state index contributed by atoms with van der Waals surface area (Å²) in [5, 5.41) is 11.2. The molecule has 0 radical (unpaired) electrons. The molecule has 5 nitrogen and oxygen atoms in total. The van der Waals surface area contributed by atoms with Crippen molar-refractivity contribution in [2.75, 3.05) is 19.4 Å². The molecule has 0 aliphatic heterocycles. The van der Waals surface area contributed by atoms with Crippen LogP contribution < -0.4 is 5.32 Å². The minimum Gasteiger partial charge on any atom is -0.364 e. The number of nitrogens with zero attached hydrogens (tertiary/aromatic N) is 3. The maximum Gasteiger partial charge on any atom is 0.273 e. The number of hydrogen-bond donors (Lipinski definition) is 1. The van der Waals surface area contributed by atoms with Crippen LogP contribution in [0.2, 0.25) is 0 Å². The van der Waals surface area contributed by atoms with Gasteiger partial charge in [-0.25, -0.2) is 0 Å². The van der Waals surface area contributed by atoms with E-state index in [-0.39, 0.29) is 5.91 Å². The molecule has 2 rings (SSSR count). The van der Waals surface area contributed by atoms with Crippen molar-refractivity contribution < 1.29 is 4.79 Å². The van der Waals surface area contributed by atoms with Crippen LogP contribution in [0.3, 0.4) is 0 Å². The molecule has 0 aromatic carbocycles. The van der Waals surface area contributed by atoms with Crippen LogP contribution in [-0.2, 0) is 13.0 Å². The first-order chi connectivity index (χ1) is 9.60. The summed E-state index contributed by atoms with van der Waals surface area (Å²) in [6.45, 7) is 2.87. The third-order valence-electron chi connectivity index (χ3n) is 2.80. The number of nitrogens with one attached hydrogen (secondary N) is 1. The molecule has 0 saturated carbocycles. The van der Waals surface area contributed by atoms with E-state index in [9.17, 15) is 4.79 Å². The Morgan fingerprint density at radius 3 is 2.50 bits per heavy atom. The molecular formula is C14H18N4OS. The summed E-state index contributed by atoms with van der Waals surface area (Å²) in [6, 6.07) is 7.72. The lowest BCUT2D eigenvalue weighted by atomic mass is 10.3. The lowest BCUT2D eigenvalue weighted by Crippen LogP contribution is -2.23. The van der Waals surface area contributed by atoms with Crippen molar-refractivity contribution >= 4 is 23.1 Å². The smallest absolute Gasteiger partial charge is 0.273 e. The van der Waals surface area contributed by atoms with Gasteiger partial charge in [0.05, 0.1) is 6.54 Å². The molecule has 6 heteroatoms. The van der Waals surface area contributed by atoms with Crippen molar-refractivity contribution in [3.8, 4) is 0 Å². The van der Waals surface area contributed by atoms with Crippen LogP contribution in [0.15, 0.2) is 24.3 Å². The zero-order valence-corrected chi connectivity index (χ0v) is 12.7. The van der Waals surface area contributed by atoms with Crippen LogP contribution in [-0.4, -0.2) is 35.1 Å². The summed E-state index contributed by atoms with van der Waals surface area (Å²) < 4.78 is 0. The van der Waals surface area contributed by atoms with Crippen molar-refractivity contribution in [2.45, 2.75) is 19.9 Å². The van der Waals surface area contributed by atoms with Gasteiger partial charge in [-0.05, 0) is 30.7 Å². The highest BCUT2D eigenvalue weighted by Gasteiger charge is 2.09. The van der Waals surface area contributed by atoms with Gasteiger partial charge in [0.2, 0.25) is 0 Å². The van der Waals surface area contributed by atoms with Crippen molar-refractivity contribution in [3.05, 3.63) is 39.7 Å². The Hall–Kier alpha value is -1.95. The quantitative estimate of drug-likeness (QED) is 0.918. The van der Waals surface area contributed by atoms with Gasteiger partial charge in [-0.1, -0.05) is 6.92 Å². The predicted molar refractivity (Wildman–Crippen MR) is 81.1 cm³/mol. The average Bonchev–Trinajstić information content (AvgIpc) is 2.93. The summed E-state index contributed by atoms with van der Waals surface area (Å²) in [5.74, 6) is 0.529. The minimum atomic E-state index is -0.144. The highest BCUT2D eigenvalue weighted by molar-refractivity contribution is 7.12. The zero-order valence-electron chi connectivity index (χ0n) is 11.9. The third-order valence-corrected chi connectivity index (χ3v) is 4.03. The fourth-order valence-electron chi connectivity index (χ4n) is 1.65. The van der Waals surface area contributed by atoms with E-state index in [2.05, 4.69) is 34.6 Å². The van der Waals surface area contributed by atoms with Gasteiger partial charge in [0.15, 0.2) is 5.69 Å². The molecule has 2 heterocycles. The fraction of sp³-hybridized carbons (Fsp3) is 0.357. The Morgan fingerprint density at radius 1 is 1.20 bits per heavy atom. The highest BCUT2D eigenvalue weighted by atomic mass is 32.1. The number of rotatable bonds is 5. The number of carbonyl (C=O) groups is 1. The first kappa shape index (κ1) is 14.5. The summed E-state index contributed by atoms with van der Waals surface area (Å²) in [6.07, 6.45) is 1.06. The molecule has 0 unspecified atom stereocenters. The number of amides is 1. The summed E-state index contributed by atoms with van der Waals surface area (Å²) >= 11 is 1.79. The van der Waals surface area contributed by atoms with Crippen LogP contribution >= 0.6 is 11.3 Å². The second-order valence-electron chi connectivity index (χ2n) is 4.58. The molecule has 0 aliphatic rings. The molecule has 1 amide bonds. The van der Waals surface area contributed by atoms with E-state index in [0.29, 0.717) is 11.5 Å². The molecule has 0 atom stereocenters. The Labute approximate surface area is 122 Å². The van der Waals surface area contributed by atoms with Gasteiger partial charge >= 0.3 is 0 Å². The molecule has 106 valence electrons. The largest absolute Gasteiger partial charge is 0.364 e. The molecule has 2 aromatic rings. The van der Waals surface area contributed by atoms with E-state index in [4.69, 9.17) is 0 Å². The van der Waals surface area contributed by atoms with Gasteiger partial charge in [-0.2, -0.15) is 0 Å². The Morgan fingerprint density at radius 2 is 1.95 bits per heavy atom. The topological polar surface area (TPSA) is 58.1 Å². The summed E-state index contributed by atoms with van der Waals surface area (Å²) in [7, 11) is 3.39.